The monoisotopic (exact) mass is 227 g/mol. The molecule has 2 N–H and O–H groups in total. The van der Waals surface area contributed by atoms with Crippen LogP contribution in [0.15, 0.2) is 16.5 Å². The number of nitrogens with one attached hydrogen (secondary N) is 1. The number of rotatable bonds is 4. The van der Waals surface area contributed by atoms with Crippen molar-refractivity contribution in [2.45, 2.75) is 26.5 Å². The van der Waals surface area contributed by atoms with Gasteiger partial charge < -0.3 is 19.6 Å². The van der Waals surface area contributed by atoms with Crippen LogP contribution in [0, 0.1) is 0 Å². The molecule has 1 rings (SSSR count). The molecule has 0 aliphatic rings. The van der Waals surface area contributed by atoms with Crippen molar-refractivity contribution >= 4 is 12.1 Å². The molecule has 0 aliphatic carbocycles. The molecule has 0 spiro atoms. The number of aromatic carboxylic acids is 1. The molecular weight excluding hydrogens is 214 g/mol. The largest absolute Gasteiger partial charge is 0.475 e. The summed E-state index contributed by atoms with van der Waals surface area (Å²) >= 11 is 0. The molecule has 1 amide bonds. The molecule has 0 radical (unpaired) electrons. The van der Waals surface area contributed by atoms with E-state index in [2.05, 4.69) is 5.32 Å². The molecule has 0 saturated heterocycles. The highest BCUT2D eigenvalue weighted by molar-refractivity contribution is 5.84. The number of hydrogen-bond donors (Lipinski definition) is 2. The highest BCUT2D eigenvalue weighted by Crippen LogP contribution is 2.07. The summed E-state index contributed by atoms with van der Waals surface area (Å²) in [7, 11) is 0. The minimum Gasteiger partial charge on any atom is -0.475 e. The van der Waals surface area contributed by atoms with E-state index in [0.717, 1.165) is 0 Å². The summed E-state index contributed by atoms with van der Waals surface area (Å²) in [6.45, 7) is 3.56. The first-order valence-electron chi connectivity index (χ1n) is 4.75. The number of furan rings is 1. The number of carboxylic acids is 1. The molecule has 0 aromatic carbocycles. The second-order valence-electron chi connectivity index (χ2n) is 3.38. The van der Waals surface area contributed by atoms with Crippen molar-refractivity contribution in [2.75, 3.05) is 0 Å². The predicted molar refractivity (Wildman–Crippen MR) is 54.1 cm³/mol. The van der Waals surface area contributed by atoms with E-state index in [0.29, 0.717) is 5.76 Å². The summed E-state index contributed by atoms with van der Waals surface area (Å²) in [5.74, 6) is -0.942. The Morgan fingerprint density at radius 3 is 2.69 bits per heavy atom. The van der Waals surface area contributed by atoms with Gasteiger partial charge in [0.2, 0.25) is 5.76 Å². The Morgan fingerprint density at radius 2 is 2.19 bits per heavy atom. The molecule has 1 aromatic rings. The lowest BCUT2D eigenvalue weighted by molar-refractivity contribution is 0.0660. The first kappa shape index (κ1) is 12.1. The fourth-order valence-corrected chi connectivity index (χ4v) is 1.00. The van der Waals surface area contributed by atoms with Crippen LogP contribution in [0.4, 0.5) is 4.79 Å². The normalized spacial score (nSPS) is 10.2. The van der Waals surface area contributed by atoms with Crippen LogP contribution in [0.3, 0.4) is 0 Å². The molecule has 1 heterocycles. The third-order valence-corrected chi connectivity index (χ3v) is 1.62. The number of carbonyl (C=O) groups is 2. The van der Waals surface area contributed by atoms with E-state index < -0.39 is 12.1 Å². The molecule has 6 heteroatoms. The second kappa shape index (κ2) is 5.20. The van der Waals surface area contributed by atoms with Crippen molar-refractivity contribution in [2.24, 2.45) is 0 Å². The second-order valence-corrected chi connectivity index (χ2v) is 3.38. The highest BCUT2D eigenvalue weighted by Gasteiger charge is 2.10. The van der Waals surface area contributed by atoms with Crippen molar-refractivity contribution < 1.29 is 23.8 Å². The first-order chi connectivity index (χ1) is 7.49. The number of carbonyl (C=O) groups excluding carboxylic acids is 1. The molecule has 1 aromatic heterocycles. The van der Waals surface area contributed by atoms with Gasteiger partial charge in [0.1, 0.15) is 5.76 Å². The smallest absolute Gasteiger partial charge is 0.407 e. The van der Waals surface area contributed by atoms with Crippen molar-refractivity contribution in [1.29, 1.82) is 0 Å². The molecule has 0 saturated carbocycles. The Bertz CT molecular complexity index is 382. The Labute approximate surface area is 92.2 Å². The maximum atomic E-state index is 11.1. The molecule has 16 heavy (non-hydrogen) atoms. The Balaban J connectivity index is 2.42. The Hall–Kier alpha value is -1.98. The van der Waals surface area contributed by atoms with Crippen LogP contribution in [0.1, 0.15) is 30.2 Å². The van der Waals surface area contributed by atoms with E-state index >= 15 is 0 Å². The number of ether oxygens (including phenoxy) is 1. The number of carboxylic acid groups (broad SMARTS) is 1. The third kappa shape index (κ3) is 3.64. The molecule has 0 aliphatic heterocycles. The highest BCUT2D eigenvalue weighted by atomic mass is 16.6. The summed E-state index contributed by atoms with van der Waals surface area (Å²) in [6, 6.07) is 2.81. The average Bonchev–Trinajstić information content (AvgIpc) is 2.61. The van der Waals surface area contributed by atoms with Gasteiger partial charge in [-0.3, -0.25) is 0 Å². The zero-order chi connectivity index (χ0) is 12.1. The summed E-state index contributed by atoms with van der Waals surface area (Å²) in [6.07, 6.45) is -0.769. The van der Waals surface area contributed by atoms with Gasteiger partial charge in [0.05, 0.1) is 12.6 Å². The number of alkyl carbamates (subject to hydrolysis) is 1. The summed E-state index contributed by atoms with van der Waals surface area (Å²) in [5.41, 5.74) is 0. The van der Waals surface area contributed by atoms with Crippen LogP contribution in [-0.4, -0.2) is 23.3 Å². The number of hydrogen-bond acceptors (Lipinski definition) is 4. The summed E-state index contributed by atoms with van der Waals surface area (Å²) in [5, 5.41) is 11.0. The summed E-state index contributed by atoms with van der Waals surface area (Å²) in [4.78, 5) is 21.6. The fraction of sp³-hybridized carbons (Fsp3) is 0.400. The zero-order valence-electron chi connectivity index (χ0n) is 9.02. The van der Waals surface area contributed by atoms with Crippen molar-refractivity contribution in [3.8, 4) is 0 Å². The van der Waals surface area contributed by atoms with Crippen molar-refractivity contribution in [3.63, 3.8) is 0 Å². The lowest BCUT2D eigenvalue weighted by Crippen LogP contribution is -2.26. The van der Waals surface area contributed by atoms with Crippen LogP contribution < -0.4 is 5.32 Å². The van der Waals surface area contributed by atoms with Crippen LogP contribution in [0.25, 0.3) is 0 Å². The van der Waals surface area contributed by atoms with Crippen LogP contribution in [-0.2, 0) is 11.3 Å². The standard InChI is InChI=1S/C10H13NO5/c1-6(2)15-10(14)11-5-7-3-4-8(16-7)9(12)13/h3-4,6H,5H2,1-2H3,(H,11,14)(H,12,13). The van der Waals surface area contributed by atoms with E-state index in [9.17, 15) is 9.59 Å². The third-order valence-electron chi connectivity index (χ3n) is 1.62. The van der Waals surface area contributed by atoms with E-state index in [-0.39, 0.29) is 18.4 Å². The van der Waals surface area contributed by atoms with Crippen LogP contribution in [0.5, 0.6) is 0 Å². The predicted octanol–water partition coefficient (Wildman–Crippen LogP) is 1.61. The minimum atomic E-state index is -1.14. The lowest BCUT2D eigenvalue weighted by Gasteiger charge is -2.07. The fourth-order valence-electron chi connectivity index (χ4n) is 1.00. The molecule has 6 nitrogen and oxygen atoms in total. The maximum Gasteiger partial charge on any atom is 0.407 e. The maximum absolute atomic E-state index is 11.1. The van der Waals surface area contributed by atoms with Crippen molar-refractivity contribution in [1.82, 2.24) is 5.32 Å². The van der Waals surface area contributed by atoms with Gasteiger partial charge in [-0.15, -0.1) is 0 Å². The summed E-state index contributed by atoms with van der Waals surface area (Å²) < 4.78 is 9.75. The van der Waals surface area contributed by atoms with Gasteiger partial charge in [0, 0.05) is 0 Å². The lowest BCUT2D eigenvalue weighted by atomic mass is 10.4. The molecule has 0 atom stereocenters. The average molecular weight is 227 g/mol. The molecular formula is C10H13NO5. The topological polar surface area (TPSA) is 88.8 Å². The van der Waals surface area contributed by atoms with Gasteiger partial charge in [0.15, 0.2) is 0 Å². The van der Waals surface area contributed by atoms with Crippen molar-refractivity contribution in [3.05, 3.63) is 23.7 Å². The molecule has 0 fully saturated rings. The Morgan fingerprint density at radius 1 is 1.50 bits per heavy atom. The van der Waals surface area contributed by atoms with E-state index in [1.807, 2.05) is 0 Å². The van der Waals surface area contributed by atoms with Crippen LogP contribution in [0.2, 0.25) is 0 Å². The van der Waals surface area contributed by atoms with E-state index in [1.54, 1.807) is 13.8 Å². The van der Waals surface area contributed by atoms with Crippen LogP contribution >= 0.6 is 0 Å². The quantitative estimate of drug-likeness (QED) is 0.815. The van der Waals surface area contributed by atoms with E-state index in [1.165, 1.54) is 12.1 Å². The van der Waals surface area contributed by atoms with Gasteiger partial charge >= 0.3 is 12.1 Å². The number of amides is 1. The van der Waals surface area contributed by atoms with Gasteiger partial charge in [-0.05, 0) is 26.0 Å². The van der Waals surface area contributed by atoms with Gasteiger partial charge in [-0.1, -0.05) is 0 Å². The van der Waals surface area contributed by atoms with E-state index in [4.69, 9.17) is 14.3 Å². The van der Waals surface area contributed by atoms with Gasteiger partial charge in [-0.2, -0.15) is 0 Å². The molecule has 0 unspecified atom stereocenters. The SMILES string of the molecule is CC(C)OC(=O)NCc1ccc(C(=O)O)o1. The zero-order valence-corrected chi connectivity index (χ0v) is 9.02. The first-order valence-corrected chi connectivity index (χ1v) is 4.75. The Kier molecular flexibility index (Phi) is 3.93. The minimum absolute atomic E-state index is 0.0961. The molecule has 88 valence electrons. The molecule has 0 bridgehead atoms. The van der Waals surface area contributed by atoms with Gasteiger partial charge in [0.25, 0.3) is 0 Å². The van der Waals surface area contributed by atoms with Gasteiger partial charge in [-0.25, -0.2) is 9.59 Å².